The van der Waals surface area contributed by atoms with Gasteiger partial charge in [-0.2, -0.15) is 8.78 Å². The number of carbonyl (C=O) groups is 1. The second-order valence-corrected chi connectivity index (χ2v) is 4.01. The molecule has 0 aromatic rings. The van der Waals surface area contributed by atoms with E-state index in [1.165, 1.54) is 0 Å². The van der Waals surface area contributed by atoms with Crippen LogP contribution in [-0.2, 0) is 4.79 Å². The van der Waals surface area contributed by atoms with Crippen LogP contribution in [-0.4, -0.2) is 46.4 Å². The van der Waals surface area contributed by atoms with Crippen LogP contribution in [0.2, 0.25) is 0 Å². The molecule has 0 bridgehead atoms. The number of alkyl halides is 4. The number of nitrogens with zero attached hydrogens (tertiary/aromatic N) is 1. The summed E-state index contributed by atoms with van der Waals surface area (Å²) in [5.41, 5.74) is 0. The third-order valence-corrected chi connectivity index (χ3v) is 2.84. The van der Waals surface area contributed by atoms with Gasteiger partial charge < -0.3 is 10.0 Å². The molecular formula is C8H9F4NO2. The van der Waals surface area contributed by atoms with E-state index in [1.807, 2.05) is 0 Å². The molecule has 2 aliphatic rings. The number of β-amino-alcohol motifs (C(OH)–C–C–N with tert-alkyl or cyclic N) is 1. The summed E-state index contributed by atoms with van der Waals surface area (Å²) in [6, 6.07) is -0.865. The summed E-state index contributed by atoms with van der Waals surface area (Å²) in [5.74, 6) is -8.24. The maximum absolute atomic E-state index is 12.9. The van der Waals surface area contributed by atoms with E-state index in [0.29, 0.717) is 4.90 Å². The van der Waals surface area contributed by atoms with Gasteiger partial charge in [0.05, 0.1) is 6.54 Å². The molecule has 1 unspecified atom stereocenters. The van der Waals surface area contributed by atoms with E-state index in [4.69, 9.17) is 5.11 Å². The largest absolute Gasteiger partial charge is 0.384 e. The van der Waals surface area contributed by atoms with Crippen LogP contribution in [0.1, 0.15) is 12.8 Å². The standard InChI is InChI=1S/C8H9F4NO2/c9-7(10)1-4(2-7)13-3-5(14)8(11,12)6(13)15/h4-5,14H,1-3H2. The average molecular weight is 227 g/mol. The van der Waals surface area contributed by atoms with E-state index in [2.05, 4.69) is 0 Å². The van der Waals surface area contributed by atoms with Gasteiger partial charge in [-0.15, -0.1) is 0 Å². The first-order chi connectivity index (χ1) is 6.74. The van der Waals surface area contributed by atoms with Crippen molar-refractivity contribution in [1.82, 2.24) is 4.90 Å². The zero-order valence-corrected chi connectivity index (χ0v) is 7.59. The molecule has 86 valence electrons. The first-order valence-electron chi connectivity index (χ1n) is 4.49. The Labute approximate surface area is 82.7 Å². The molecule has 1 heterocycles. The van der Waals surface area contributed by atoms with Crippen molar-refractivity contribution in [2.24, 2.45) is 0 Å². The number of rotatable bonds is 1. The number of amides is 1. The Hall–Kier alpha value is -0.850. The Kier molecular flexibility index (Phi) is 2.02. The Morgan fingerprint density at radius 1 is 1.27 bits per heavy atom. The minimum atomic E-state index is -3.83. The molecule has 0 aromatic carbocycles. The summed E-state index contributed by atoms with van der Waals surface area (Å²) in [4.78, 5) is 11.7. The lowest BCUT2D eigenvalue weighted by atomic mass is 9.87. The van der Waals surface area contributed by atoms with Crippen molar-refractivity contribution in [2.75, 3.05) is 6.54 Å². The third kappa shape index (κ3) is 1.49. The third-order valence-electron chi connectivity index (χ3n) is 2.84. The van der Waals surface area contributed by atoms with Gasteiger partial charge in [0.1, 0.15) is 6.10 Å². The summed E-state index contributed by atoms with van der Waals surface area (Å²) in [7, 11) is 0. The van der Waals surface area contributed by atoms with Gasteiger partial charge >= 0.3 is 5.92 Å². The lowest BCUT2D eigenvalue weighted by molar-refractivity contribution is -0.165. The van der Waals surface area contributed by atoms with Gasteiger partial charge in [0.2, 0.25) is 0 Å². The molecule has 2 fully saturated rings. The first kappa shape index (κ1) is 10.7. The van der Waals surface area contributed by atoms with E-state index >= 15 is 0 Å². The Bertz CT molecular complexity index is 299. The molecule has 2 rings (SSSR count). The van der Waals surface area contributed by atoms with Gasteiger partial charge in [0.15, 0.2) is 0 Å². The van der Waals surface area contributed by atoms with Gasteiger partial charge in [0, 0.05) is 18.9 Å². The predicted octanol–water partition coefficient (Wildman–Crippen LogP) is 0.623. The molecular weight excluding hydrogens is 218 g/mol. The van der Waals surface area contributed by atoms with Gasteiger partial charge in [-0.25, -0.2) is 8.78 Å². The van der Waals surface area contributed by atoms with Crippen molar-refractivity contribution in [3.05, 3.63) is 0 Å². The Balaban J connectivity index is 2.06. The van der Waals surface area contributed by atoms with Crippen LogP contribution in [0.25, 0.3) is 0 Å². The molecule has 1 atom stereocenters. The lowest BCUT2D eigenvalue weighted by Gasteiger charge is -2.40. The summed E-state index contributed by atoms with van der Waals surface area (Å²) in [6.07, 6.45) is -3.28. The highest BCUT2D eigenvalue weighted by Gasteiger charge is 2.60. The monoisotopic (exact) mass is 227 g/mol. The van der Waals surface area contributed by atoms with Crippen LogP contribution in [0, 0.1) is 0 Å². The van der Waals surface area contributed by atoms with Crippen LogP contribution in [0.15, 0.2) is 0 Å². The van der Waals surface area contributed by atoms with Crippen molar-refractivity contribution in [2.45, 2.75) is 36.8 Å². The number of aliphatic hydroxyl groups excluding tert-OH is 1. The fourth-order valence-corrected chi connectivity index (χ4v) is 1.88. The molecule has 1 aliphatic carbocycles. The zero-order valence-electron chi connectivity index (χ0n) is 7.59. The molecule has 3 nitrogen and oxygen atoms in total. The highest BCUT2D eigenvalue weighted by molar-refractivity contribution is 5.87. The average Bonchev–Trinajstić information content (AvgIpc) is 2.25. The van der Waals surface area contributed by atoms with Crippen LogP contribution in [0.3, 0.4) is 0 Å². The highest BCUT2D eigenvalue weighted by Crippen LogP contribution is 2.43. The SMILES string of the molecule is O=C1N(C2CC(F)(F)C2)CC(O)C1(F)F. The quantitative estimate of drug-likeness (QED) is 0.667. The fraction of sp³-hybridized carbons (Fsp3) is 0.875. The molecule has 0 aromatic heterocycles. The van der Waals surface area contributed by atoms with E-state index in [9.17, 15) is 22.4 Å². The van der Waals surface area contributed by atoms with Gasteiger partial charge in [-0.1, -0.05) is 0 Å². The van der Waals surface area contributed by atoms with Gasteiger partial charge in [0.25, 0.3) is 11.8 Å². The zero-order chi connectivity index (χ0) is 11.4. The second kappa shape index (κ2) is 2.84. The highest BCUT2D eigenvalue weighted by atomic mass is 19.3. The second-order valence-electron chi connectivity index (χ2n) is 4.01. The number of hydrogen-bond acceptors (Lipinski definition) is 2. The Morgan fingerprint density at radius 3 is 2.13 bits per heavy atom. The van der Waals surface area contributed by atoms with Crippen molar-refractivity contribution >= 4 is 5.91 Å². The summed E-state index contributed by atoms with van der Waals surface area (Å²) in [5, 5.41) is 8.90. The van der Waals surface area contributed by atoms with Crippen LogP contribution in [0.4, 0.5) is 17.6 Å². The number of hydrogen-bond donors (Lipinski definition) is 1. The van der Waals surface area contributed by atoms with Gasteiger partial charge in [-0.3, -0.25) is 4.79 Å². The molecule has 1 amide bonds. The van der Waals surface area contributed by atoms with E-state index < -0.39 is 49.3 Å². The van der Waals surface area contributed by atoms with Crippen molar-refractivity contribution in [1.29, 1.82) is 0 Å². The molecule has 1 saturated heterocycles. The van der Waals surface area contributed by atoms with Crippen molar-refractivity contribution in [3.8, 4) is 0 Å². The smallest absolute Gasteiger partial charge is 0.351 e. The number of halogens is 4. The van der Waals surface area contributed by atoms with E-state index in [1.54, 1.807) is 0 Å². The summed E-state index contributed by atoms with van der Waals surface area (Å²) in [6.45, 7) is -0.563. The molecule has 7 heteroatoms. The maximum Gasteiger partial charge on any atom is 0.351 e. The molecule has 15 heavy (non-hydrogen) atoms. The minimum absolute atomic E-state index is 0.563. The number of carbonyl (C=O) groups excluding carboxylic acids is 1. The fourth-order valence-electron chi connectivity index (χ4n) is 1.88. The maximum atomic E-state index is 12.9. The normalized spacial score (nSPS) is 34.3. The molecule has 1 aliphatic heterocycles. The van der Waals surface area contributed by atoms with Crippen LogP contribution in [0.5, 0.6) is 0 Å². The number of aliphatic hydroxyl groups is 1. The predicted molar refractivity (Wildman–Crippen MR) is 40.6 cm³/mol. The molecule has 1 saturated carbocycles. The van der Waals surface area contributed by atoms with E-state index in [-0.39, 0.29) is 0 Å². The molecule has 1 N–H and O–H groups in total. The lowest BCUT2D eigenvalue weighted by Crippen LogP contribution is -2.52. The molecule has 0 radical (unpaired) electrons. The van der Waals surface area contributed by atoms with Crippen molar-refractivity contribution in [3.63, 3.8) is 0 Å². The minimum Gasteiger partial charge on any atom is -0.384 e. The topological polar surface area (TPSA) is 40.5 Å². The van der Waals surface area contributed by atoms with Crippen molar-refractivity contribution < 1.29 is 27.5 Å². The molecule has 0 spiro atoms. The Morgan fingerprint density at radius 2 is 1.80 bits per heavy atom. The van der Waals surface area contributed by atoms with Crippen LogP contribution >= 0.6 is 0 Å². The van der Waals surface area contributed by atoms with E-state index in [0.717, 1.165) is 0 Å². The summed E-state index contributed by atoms with van der Waals surface area (Å²) >= 11 is 0. The first-order valence-corrected chi connectivity index (χ1v) is 4.49. The summed E-state index contributed by atoms with van der Waals surface area (Å²) < 4.78 is 50.7. The van der Waals surface area contributed by atoms with Gasteiger partial charge in [-0.05, 0) is 0 Å². The van der Waals surface area contributed by atoms with Crippen LogP contribution < -0.4 is 0 Å². The number of likely N-dealkylation sites (tertiary alicyclic amines) is 1.